The lowest BCUT2D eigenvalue weighted by atomic mass is 9.81. The minimum atomic E-state index is -0.916. The SMILES string of the molecule is CC(C)(CC(=O)O)c1cc(F)cc(Cl)c1. The van der Waals surface area contributed by atoms with Crippen molar-refractivity contribution >= 4 is 17.6 Å². The third-order valence-electron chi connectivity index (χ3n) is 2.24. The van der Waals surface area contributed by atoms with Crippen molar-refractivity contribution < 1.29 is 14.3 Å². The highest BCUT2D eigenvalue weighted by Gasteiger charge is 2.24. The first-order valence-electron chi connectivity index (χ1n) is 4.49. The molecule has 0 aromatic heterocycles. The van der Waals surface area contributed by atoms with Crippen LogP contribution in [0.2, 0.25) is 5.02 Å². The zero-order valence-electron chi connectivity index (χ0n) is 8.55. The number of carboxylic acid groups (broad SMARTS) is 1. The van der Waals surface area contributed by atoms with Crippen LogP contribution in [0.15, 0.2) is 18.2 Å². The van der Waals surface area contributed by atoms with Crippen molar-refractivity contribution in [3.63, 3.8) is 0 Å². The Labute approximate surface area is 92.7 Å². The molecule has 0 aliphatic carbocycles. The number of hydrogen-bond donors (Lipinski definition) is 1. The summed E-state index contributed by atoms with van der Waals surface area (Å²) in [7, 11) is 0. The molecular weight excluding hydrogens is 219 g/mol. The molecular formula is C11H12ClFO2. The summed E-state index contributed by atoms with van der Waals surface area (Å²) >= 11 is 5.71. The summed E-state index contributed by atoms with van der Waals surface area (Å²) in [5.41, 5.74) is -0.0349. The van der Waals surface area contributed by atoms with Crippen molar-refractivity contribution in [3.05, 3.63) is 34.6 Å². The van der Waals surface area contributed by atoms with Crippen LogP contribution in [0, 0.1) is 5.82 Å². The number of carbonyl (C=O) groups is 1. The minimum absolute atomic E-state index is 0.0627. The zero-order chi connectivity index (χ0) is 11.6. The van der Waals surface area contributed by atoms with E-state index in [1.165, 1.54) is 12.1 Å². The summed E-state index contributed by atoms with van der Waals surface area (Å²) in [6.07, 6.45) is -0.0627. The Hall–Kier alpha value is -1.09. The molecule has 4 heteroatoms. The first-order chi connectivity index (χ1) is 6.81. The largest absolute Gasteiger partial charge is 0.481 e. The summed E-state index contributed by atoms with van der Waals surface area (Å²) in [5.74, 6) is -1.36. The first kappa shape index (κ1) is 12.0. The molecule has 1 N–H and O–H groups in total. The topological polar surface area (TPSA) is 37.3 Å². The highest BCUT2D eigenvalue weighted by Crippen LogP contribution is 2.29. The molecule has 0 fully saturated rings. The highest BCUT2D eigenvalue weighted by atomic mass is 35.5. The van der Waals surface area contributed by atoms with Gasteiger partial charge in [-0.1, -0.05) is 25.4 Å². The van der Waals surface area contributed by atoms with E-state index in [9.17, 15) is 9.18 Å². The number of rotatable bonds is 3. The van der Waals surface area contributed by atoms with E-state index in [1.807, 2.05) is 0 Å². The van der Waals surface area contributed by atoms with Gasteiger partial charge in [0, 0.05) is 10.4 Å². The summed E-state index contributed by atoms with van der Waals surface area (Å²) in [6, 6.07) is 4.10. The van der Waals surface area contributed by atoms with Crippen LogP contribution in [0.3, 0.4) is 0 Å². The Morgan fingerprint density at radius 3 is 2.53 bits per heavy atom. The zero-order valence-corrected chi connectivity index (χ0v) is 9.31. The summed E-state index contributed by atoms with van der Waals surface area (Å²) in [6.45, 7) is 3.48. The fourth-order valence-electron chi connectivity index (χ4n) is 1.42. The first-order valence-corrected chi connectivity index (χ1v) is 4.87. The van der Waals surface area contributed by atoms with Gasteiger partial charge in [-0.2, -0.15) is 0 Å². The average Bonchev–Trinajstić information content (AvgIpc) is 1.99. The van der Waals surface area contributed by atoms with E-state index in [0.29, 0.717) is 5.56 Å². The van der Waals surface area contributed by atoms with Crippen molar-refractivity contribution in [2.75, 3.05) is 0 Å². The second-order valence-corrected chi connectivity index (χ2v) is 4.55. The third kappa shape index (κ3) is 3.20. The van der Waals surface area contributed by atoms with Crippen molar-refractivity contribution in [1.29, 1.82) is 0 Å². The lowest BCUT2D eigenvalue weighted by molar-refractivity contribution is -0.138. The van der Waals surface area contributed by atoms with Crippen molar-refractivity contribution in [1.82, 2.24) is 0 Å². The van der Waals surface area contributed by atoms with E-state index >= 15 is 0 Å². The molecule has 0 amide bonds. The second-order valence-electron chi connectivity index (χ2n) is 4.11. The molecule has 0 unspecified atom stereocenters. The Balaban J connectivity index is 3.08. The predicted octanol–water partition coefficient (Wildman–Crippen LogP) is 3.23. The summed E-state index contributed by atoms with van der Waals surface area (Å²) in [4.78, 5) is 10.6. The van der Waals surface area contributed by atoms with Gasteiger partial charge in [0.1, 0.15) is 5.82 Å². The van der Waals surface area contributed by atoms with E-state index in [0.717, 1.165) is 0 Å². The van der Waals surface area contributed by atoms with E-state index in [4.69, 9.17) is 16.7 Å². The van der Waals surface area contributed by atoms with Gasteiger partial charge in [0.15, 0.2) is 0 Å². The van der Waals surface area contributed by atoms with Crippen LogP contribution in [0.25, 0.3) is 0 Å². The van der Waals surface area contributed by atoms with E-state index < -0.39 is 17.2 Å². The average molecular weight is 231 g/mol. The summed E-state index contributed by atoms with van der Waals surface area (Å²) in [5, 5.41) is 9.00. The fourth-order valence-corrected chi connectivity index (χ4v) is 1.65. The van der Waals surface area contributed by atoms with Crippen LogP contribution in [0.4, 0.5) is 4.39 Å². The second kappa shape index (κ2) is 4.19. The Morgan fingerprint density at radius 2 is 2.07 bits per heavy atom. The number of hydrogen-bond acceptors (Lipinski definition) is 1. The molecule has 82 valence electrons. The van der Waals surface area contributed by atoms with Crippen LogP contribution >= 0.6 is 11.6 Å². The predicted molar refractivity (Wildman–Crippen MR) is 56.7 cm³/mol. The van der Waals surface area contributed by atoms with Crippen LogP contribution in [-0.2, 0) is 10.2 Å². The number of carboxylic acids is 1. The van der Waals surface area contributed by atoms with Crippen molar-refractivity contribution in [3.8, 4) is 0 Å². The van der Waals surface area contributed by atoms with Gasteiger partial charge in [0.25, 0.3) is 0 Å². The number of halogens is 2. The van der Waals surface area contributed by atoms with E-state index in [-0.39, 0.29) is 11.4 Å². The van der Waals surface area contributed by atoms with Gasteiger partial charge in [-0.05, 0) is 23.8 Å². The molecule has 0 aliphatic rings. The Morgan fingerprint density at radius 1 is 1.47 bits per heavy atom. The van der Waals surface area contributed by atoms with E-state index in [2.05, 4.69) is 0 Å². The lowest BCUT2D eigenvalue weighted by Crippen LogP contribution is -2.21. The number of aliphatic carboxylic acids is 1. The van der Waals surface area contributed by atoms with Gasteiger partial charge in [-0.25, -0.2) is 4.39 Å². The Kier molecular flexibility index (Phi) is 3.35. The van der Waals surface area contributed by atoms with Gasteiger partial charge in [0.2, 0.25) is 0 Å². The molecule has 0 radical (unpaired) electrons. The van der Waals surface area contributed by atoms with Gasteiger partial charge in [-0.15, -0.1) is 0 Å². The van der Waals surface area contributed by atoms with Crippen LogP contribution in [0.5, 0.6) is 0 Å². The standard InChI is InChI=1S/C11H12ClFO2/c1-11(2,6-10(14)15)7-3-8(12)5-9(13)4-7/h3-5H,6H2,1-2H3,(H,14,15). The maximum absolute atomic E-state index is 13.1. The molecule has 0 saturated heterocycles. The molecule has 1 rings (SSSR count). The van der Waals surface area contributed by atoms with Crippen LogP contribution in [-0.4, -0.2) is 11.1 Å². The van der Waals surface area contributed by atoms with Gasteiger partial charge in [-0.3, -0.25) is 4.79 Å². The normalized spacial score (nSPS) is 11.5. The molecule has 2 nitrogen and oxygen atoms in total. The minimum Gasteiger partial charge on any atom is -0.481 e. The molecule has 0 aliphatic heterocycles. The monoisotopic (exact) mass is 230 g/mol. The maximum Gasteiger partial charge on any atom is 0.304 e. The fraction of sp³-hybridized carbons (Fsp3) is 0.364. The summed E-state index contributed by atoms with van der Waals surface area (Å²) < 4.78 is 13.1. The molecule has 0 atom stereocenters. The maximum atomic E-state index is 13.1. The quantitative estimate of drug-likeness (QED) is 0.866. The molecule has 1 aromatic rings. The van der Waals surface area contributed by atoms with E-state index in [1.54, 1.807) is 19.9 Å². The highest BCUT2D eigenvalue weighted by molar-refractivity contribution is 6.30. The lowest BCUT2D eigenvalue weighted by Gasteiger charge is -2.23. The van der Waals surface area contributed by atoms with Gasteiger partial charge in [0.05, 0.1) is 6.42 Å². The smallest absolute Gasteiger partial charge is 0.304 e. The molecule has 0 spiro atoms. The van der Waals surface area contributed by atoms with Gasteiger partial charge < -0.3 is 5.11 Å². The third-order valence-corrected chi connectivity index (χ3v) is 2.46. The van der Waals surface area contributed by atoms with Crippen molar-refractivity contribution in [2.24, 2.45) is 0 Å². The van der Waals surface area contributed by atoms with Crippen LogP contribution < -0.4 is 0 Å². The Bertz CT molecular complexity index is 368. The molecule has 0 heterocycles. The molecule has 0 saturated carbocycles. The van der Waals surface area contributed by atoms with Crippen molar-refractivity contribution in [2.45, 2.75) is 25.7 Å². The van der Waals surface area contributed by atoms with Gasteiger partial charge >= 0.3 is 5.97 Å². The molecule has 15 heavy (non-hydrogen) atoms. The molecule has 1 aromatic carbocycles. The molecule has 0 bridgehead atoms. The number of benzene rings is 1. The van der Waals surface area contributed by atoms with Crippen LogP contribution in [0.1, 0.15) is 25.8 Å².